The first-order valence-electron chi connectivity index (χ1n) is 7.95. The molecule has 4 rings (SSSR count). The minimum atomic E-state index is 0.465. The van der Waals surface area contributed by atoms with Gasteiger partial charge in [0.25, 0.3) is 0 Å². The first-order valence-corrected chi connectivity index (χ1v) is 9.15. The quantitative estimate of drug-likeness (QED) is 0.632. The highest BCUT2D eigenvalue weighted by atomic mass is 35.5. The minimum absolute atomic E-state index is 0.465. The van der Waals surface area contributed by atoms with Crippen LogP contribution in [0.1, 0.15) is 31.5 Å². The van der Waals surface area contributed by atoms with Gasteiger partial charge in [0.15, 0.2) is 11.0 Å². The van der Waals surface area contributed by atoms with E-state index in [9.17, 15) is 0 Å². The molecule has 1 aromatic carbocycles. The number of hydrogen-bond acceptors (Lipinski definition) is 5. The van der Waals surface area contributed by atoms with Crippen LogP contribution >= 0.6 is 23.4 Å². The topological polar surface area (TPSA) is 56.5 Å². The summed E-state index contributed by atoms with van der Waals surface area (Å²) in [5.74, 6) is 2.17. The van der Waals surface area contributed by atoms with Crippen molar-refractivity contribution in [2.45, 2.75) is 42.4 Å². The molecule has 2 heterocycles. The van der Waals surface area contributed by atoms with Gasteiger partial charge in [-0.15, -0.1) is 10.2 Å². The van der Waals surface area contributed by atoms with Crippen molar-refractivity contribution in [2.75, 3.05) is 0 Å². The molecule has 24 heavy (non-hydrogen) atoms. The molecule has 122 valence electrons. The van der Waals surface area contributed by atoms with Crippen molar-refractivity contribution < 1.29 is 0 Å². The highest BCUT2D eigenvalue weighted by molar-refractivity contribution is 7.99. The van der Waals surface area contributed by atoms with Gasteiger partial charge in [0.2, 0.25) is 0 Å². The van der Waals surface area contributed by atoms with E-state index in [1.165, 1.54) is 11.8 Å². The van der Waals surface area contributed by atoms with E-state index in [1.807, 2.05) is 30.3 Å². The Balaban J connectivity index is 1.67. The lowest BCUT2D eigenvalue weighted by Gasteiger charge is -2.07. The van der Waals surface area contributed by atoms with Gasteiger partial charge in [-0.25, -0.2) is 9.97 Å². The zero-order chi connectivity index (χ0) is 16.5. The van der Waals surface area contributed by atoms with Crippen molar-refractivity contribution in [3.05, 3.63) is 47.4 Å². The smallest absolute Gasteiger partial charge is 0.197 e. The zero-order valence-electron chi connectivity index (χ0n) is 13.2. The van der Waals surface area contributed by atoms with Crippen LogP contribution in [0.5, 0.6) is 0 Å². The van der Waals surface area contributed by atoms with Crippen molar-refractivity contribution in [1.82, 2.24) is 24.7 Å². The summed E-state index contributed by atoms with van der Waals surface area (Å²) in [7, 11) is 0. The van der Waals surface area contributed by atoms with Gasteiger partial charge in [-0.3, -0.25) is 0 Å². The number of aromatic nitrogens is 5. The maximum atomic E-state index is 6.16. The Bertz CT molecular complexity index is 861. The number of nitrogens with zero attached hydrogens (tertiary/aromatic N) is 5. The zero-order valence-corrected chi connectivity index (χ0v) is 14.8. The average Bonchev–Trinajstić information content (AvgIpc) is 3.37. The Morgan fingerprint density at radius 2 is 1.96 bits per heavy atom. The Kier molecular flexibility index (Phi) is 4.24. The van der Waals surface area contributed by atoms with Crippen molar-refractivity contribution in [3.63, 3.8) is 0 Å². The summed E-state index contributed by atoms with van der Waals surface area (Å²) in [6, 6.07) is 11.9. The van der Waals surface area contributed by atoms with Gasteiger partial charge < -0.3 is 4.57 Å². The van der Waals surface area contributed by atoms with E-state index >= 15 is 0 Å². The van der Waals surface area contributed by atoms with E-state index in [2.05, 4.69) is 31.7 Å². The van der Waals surface area contributed by atoms with Gasteiger partial charge >= 0.3 is 0 Å². The van der Waals surface area contributed by atoms with E-state index in [0.717, 1.165) is 46.8 Å². The molecule has 0 saturated heterocycles. The predicted octanol–water partition coefficient (Wildman–Crippen LogP) is 4.44. The Morgan fingerprint density at radius 1 is 1.17 bits per heavy atom. The number of rotatable bonds is 5. The molecule has 2 aromatic heterocycles. The minimum Gasteiger partial charge on any atom is -0.302 e. The summed E-state index contributed by atoms with van der Waals surface area (Å²) in [6.07, 6.45) is 2.29. The summed E-state index contributed by atoms with van der Waals surface area (Å²) >= 11 is 7.64. The SMILES string of the molecule is CCn1c(Sc2cc(Cl)nc(C3CC3)n2)nnc1-c1ccccc1. The summed E-state index contributed by atoms with van der Waals surface area (Å²) in [5.41, 5.74) is 1.05. The third-order valence-electron chi connectivity index (χ3n) is 3.89. The number of halogens is 1. The standard InChI is InChI=1S/C17H16ClN5S/c1-2-23-16(12-6-4-3-5-7-12)21-22-17(23)24-14-10-13(18)19-15(20-14)11-8-9-11/h3-7,10-11H,2,8-9H2,1H3. The molecule has 0 N–H and O–H groups in total. The predicted molar refractivity (Wildman–Crippen MR) is 94.3 cm³/mol. The summed E-state index contributed by atoms with van der Waals surface area (Å²) in [5, 5.41) is 10.8. The van der Waals surface area contributed by atoms with Crippen LogP contribution in [0.3, 0.4) is 0 Å². The molecule has 5 nitrogen and oxygen atoms in total. The fraction of sp³-hybridized carbons (Fsp3) is 0.294. The summed E-state index contributed by atoms with van der Waals surface area (Å²) < 4.78 is 2.09. The first-order chi connectivity index (χ1) is 11.7. The van der Waals surface area contributed by atoms with Crippen LogP contribution in [0, 0.1) is 0 Å². The molecule has 0 aliphatic heterocycles. The highest BCUT2D eigenvalue weighted by Crippen LogP contribution is 2.39. The van der Waals surface area contributed by atoms with Crippen LogP contribution in [0.25, 0.3) is 11.4 Å². The van der Waals surface area contributed by atoms with E-state index in [4.69, 9.17) is 11.6 Å². The second kappa shape index (κ2) is 6.53. The van der Waals surface area contributed by atoms with Gasteiger partial charge in [0, 0.05) is 24.1 Å². The molecular formula is C17H16ClN5S. The van der Waals surface area contributed by atoms with E-state index in [0.29, 0.717) is 11.1 Å². The molecule has 0 radical (unpaired) electrons. The lowest BCUT2D eigenvalue weighted by atomic mass is 10.2. The van der Waals surface area contributed by atoms with Crippen LogP contribution in [0.2, 0.25) is 5.15 Å². The third kappa shape index (κ3) is 3.16. The second-order valence-corrected chi connectivity index (χ2v) is 7.05. The monoisotopic (exact) mass is 357 g/mol. The normalized spacial score (nSPS) is 14.1. The molecular weight excluding hydrogens is 342 g/mol. The first kappa shape index (κ1) is 15.6. The maximum Gasteiger partial charge on any atom is 0.197 e. The van der Waals surface area contributed by atoms with Crippen molar-refractivity contribution in [3.8, 4) is 11.4 Å². The van der Waals surface area contributed by atoms with E-state index < -0.39 is 0 Å². The van der Waals surface area contributed by atoms with E-state index in [1.54, 1.807) is 6.07 Å². The Hall–Kier alpha value is -1.92. The molecule has 1 aliphatic carbocycles. The van der Waals surface area contributed by atoms with Crippen molar-refractivity contribution >= 4 is 23.4 Å². The van der Waals surface area contributed by atoms with Gasteiger partial charge in [0.05, 0.1) is 0 Å². The van der Waals surface area contributed by atoms with Crippen LogP contribution in [0.4, 0.5) is 0 Å². The molecule has 3 aromatic rings. The molecule has 0 atom stereocenters. The molecule has 1 fully saturated rings. The summed E-state index contributed by atoms with van der Waals surface area (Å²) in [6.45, 7) is 2.87. The van der Waals surface area contributed by atoms with Crippen LogP contribution in [-0.4, -0.2) is 24.7 Å². The Morgan fingerprint density at radius 3 is 2.67 bits per heavy atom. The van der Waals surface area contributed by atoms with Crippen molar-refractivity contribution in [2.24, 2.45) is 0 Å². The van der Waals surface area contributed by atoms with Crippen LogP contribution in [0.15, 0.2) is 46.6 Å². The molecule has 0 amide bonds. The summed E-state index contributed by atoms with van der Waals surface area (Å²) in [4.78, 5) is 8.97. The van der Waals surface area contributed by atoms with E-state index in [-0.39, 0.29) is 0 Å². The second-order valence-electron chi connectivity index (χ2n) is 5.68. The Labute approximate surface area is 149 Å². The van der Waals surface area contributed by atoms with Crippen molar-refractivity contribution in [1.29, 1.82) is 0 Å². The largest absolute Gasteiger partial charge is 0.302 e. The lowest BCUT2D eigenvalue weighted by molar-refractivity contribution is 0.686. The molecule has 0 bridgehead atoms. The van der Waals surface area contributed by atoms with Crippen LogP contribution in [-0.2, 0) is 6.54 Å². The maximum absolute atomic E-state index is 6.16. The van der Waals surface area contributed by atoms with Gasteiger partial charge in [0.1, 0.15) is 16.0 Å². The van der Waals surface area contributed by atoms with Gasteiger partial charge in [-0.2, -0.15) is 0 Å². The fourth-order valence-electron chi connectivity index (χ4n) is 2.53. The number of benzene rings is 1. The van der Waals surface area contributed by atoms with Gasteiger partial charge in [-0.1, -0.05) is 41.9 Å². The van der Waals surface area contributed by atoms with Crippen LogP contribution < -0.4 is 0 Å². The highest BCUT2D eigenvalue weighted by Gasteiger charge is 2.27. The molecule has 7 heteroatoms. The van der Waals surface area contributed by atoms with Gasteiger partial charge in [-0.05, 0) is 31.5 Å². The average molecular weight is 358 g/mol. The fourth-order valence-corrected chi connectivity index (χ4v) is 3.69. The number of hydrogen-bond donors (Lipinski definition) is 0. The third-order valence-corrected chi connectivity index (χ3v) is 4.99. The lowest BCUT2D eigenvalue weighted by Crippen LogP contribution is -2.00. The molecule has 1 saturated carbocycles. The molecule has 1 aliphatic rings. The molecule has 0 spiro atoms. The molecule has 0 unspecified atom stereocenters.